The van der Waals surface area contributed by atoms with Gasteiger partial charge in [-0.05, 0) is 69.8 Å². The predicted octanol–water partition coefficient (Wildman–Crippen LogP) is 2.57. The van der Waals surface area contributed by atoms with Crippen LogP contribution in [0.1, 0.15) is 5.56 Å². The van der Waals surface area contributed by atoms with E-state index in [9.17, 15) is 0 Å². The second-order valence-corrected chi connectivity index (χ2v) is 10.5. The van der Waals surface area contributed by atoms with Gasteiger partial charge in [0.05, 0.1) is 19.7 Å². The molecule has 0 spiro atoms. The minimum Gasteiger partial charge on any atom is -0.260 e. The summed E-state index contributed by atoms with van der Waals surface area (Å²) in [6, 6.07) is 31.4. The highest BCUT2D eigenvalue weighted by molar-refractivity contribution is 6.31. The monoisotopic (exact) mass is 570 g/mol. The van der Waals surface area contributed by atoms with E-state index in [0.29, 0.717) is 0 Å². The number of nitrogens with zero attached hydrogens (tertiary/aromatic N) is 2. The molecule has 1 heterocycles. The topological polar surface area (TPSA) is 98.5 Å². The van der Waals surface area contributed by atoms with Crippen LogP contribution in [-0.2, 0) is 0 Å². The van der Waals surface area contributed by atoms with Crippen LogP contribution in [0.15, 0.2) is 91.0 Å². The van der Waals surface area contributed by atoms with Gasteiger partial charge in [-0.2, -0.15) is 0 Å². The van der Waals surface area contributed by atoms with Crippen molar-refractivity contribution in [2.45, 2.75) is 0 Å². The Labute approximate surface area is 234 Å². The van der Waals surface area contributed by atoms with Gasteiger partial charge < -0.3 is 0 Å². The van der Waals surface area contributed by atoms with Gasteiger partial charge in [0.1, 0.15) is 13.1 Å². The molecule has 0 unspecified atom stereocenters. The zero-order chi connectivity index (χ0) is 27.4. The van der Waals surface area contributed by atoms with Crippen molar-refractivity contribution in [2.24, 2.45) is 0 Å². The summed E-state index contributed by atoms with van der Waals surface area (Å²) in [4.78, 5) is 2.34. The van der Waals surface area contributed by atoms with Crippen LogP contribution in [0.4, 0.5) is 0 Å². The molecule has 0 radical (unpaired) electrons. The summed E-state index contributed by atoms with van der Waals surface area (Å²) >= 11 is 12.5. The molecule has 196 valence electrons. The lowest BCUT2D eigenvalue weighted by Gasteiger charge is -2.19. The molecule has 1 aliphatic heterocycles. The SMILES string of the molecule is CN1CC[N+](C)=C1c1c(-c2ccc(Cl)cc2)cc(-c2ccccc2)cc1-c1ccc(Cl)cc1.[O-][Cl+3]([O-])([O-])[O-]. The minimum absolute atomic E-state index is 0.736. The van der Waals surface area contributed by atoms with Gasteiger partial charge in [-0.25, -0.2) is 18.6 Å². The molecule has 0 N–H and O–H groups in total. The summed E-state index contributed by atoms with van der Waals surface area (Å²) in [5, 5.41) is 1.47. The third-order valence-electron chi connectivity index (χ3n) is 6.27. The fraction of sp³-hybridized carbons (Fsp3) is 0.138. The zero-order valence-electron chi connectivity index (χ0n) is 20.7. The normalized spacial score (nSPS) is 13.4. The highest BCUT2D eigenvalue weighted by atomic mass is 35.7. The molecule has 1 aliphatic rings. The average Bonchev–Trinajstić information content (AvgIpc) is 3.21. The molecule has 0 bridgehead atoms. The van der Waals surface area contributed by atoms with Crippen molar-refractivity contribution >= 4 is 29.0 Å². The summed E-state index contributed by atoms with van der Waals surface area (Å²) < 4.78 is 36.3. The van der Waals surface area contributed by atoms with Crippen LogP contribution in [0.25, 0.3) is 33.4 Å². The lowest BCUT2D eigenvalue weighted by molar-refractivity contribution is -2.00. The van der Waals surface area contributed by atoms with Crippen molar-refractivity contribution in [2.75, 3.05) is 27.2 Å². The van der Waals surface area contributed by atoms with Crippen LogP contribution in [0, 0.1) is 10.2 Å². The van der Waals surface area contributed by atoms with Crippen molar-refractivity contribution in [1.29, 1.82) is 0 Å². The van der Waals surface area contributed by atoms with E-state index >= 15 is 0 Å². The Morgan fingerprint density at radius 3 is 1.53 bits per heavy atom. The van der Waals surface area contributed by atoms with Gasteiger partial charge in [-0.15, -0.1) is 10.2 Å². The maximum atomic E-state index is 8.49. The Bertz CT molecular complexity index is 1360. The van der Waals surface area contributed by atoms with Gasteiger partial charge in [0.15, 0.2) is 0 Å². The standard InChI is InChI=1S/C29H25Cl2N2.ClHO4/c1-32-16-17-33(2)29(32)28-26(21-8-12-24(30)13-9-21)18-23(20-6-4-3-5-7-20)19-27(28)22-10-14-25(31)15-11-22;2-1(3,4)5/h3-15,18-19H,16-17H2,1-2H3;(H,2,3,4,5)/q+1;/p-1. The number of likely N-dealkylation sites (N-methyl/N-ethyl adjacent to an activating group) is 2. The first-order chi connectivity index (χ1) is 18.0. The molecule has 4 aromatic carbocycles. The molecule has 0 aromatic heterocycles. The maximum absolute atomic E-state index is 8.49. The molecule has 6 nitrogen and oxygen atoms in total. The molecule has 0 saturated carbocycles. The Morgan fingerprint density at radius 1 is 0.684 bits per heavy atom. The molecule has 0 saturated heterocycles. The number of hydrogen-bond acceptors (Lipinski definition) is 5. The zero-order valence-corrected chi connectivity index (χ0v) is 23.0. The fourth-order valence-corrected chi connectivity index (χ4v) is 4.83. The van der Waals surface area contributed by atoms with Crippen molar-refractivity contribution < 1.29 is 33.5 Å². The Balaban J connectivity index is 0.000000617. The van der Waals surface area contributed by atoms with Gasteiger partial charge >= 0.3 is 0 Å². The third kappa shape index (κ3) is 6.92. The number of hydrogen-bond donors (Lipinski definition) is 0. The molecule has 9 heteroatoms. The van der Waals surface area contributed by atoms with Gasteiger partial charge in [0, 0.05) is 10.0 Å². The van der Waals surface area contributed by atoms with Crippen molar-refractivity contribution in [1.82, 2.24) is 4.90 Å². The van der Waals surface area contributed by atoms with E-state index in [4.69, 9.17) is 41.8 Å². The van der Waals surface area contributed by atoms with Crippen LogP contribution < -0.4 is 18.6 Å². The van der Waals surface area contributed by atoms with Crippen molar-refractivity contribution in [3.05, 3.63) is 107 Å². The lowest BCUT2D eigenvalue weighted by atomic mass is 9.87. The van der Waals surface area contributed by atoms with E-state index in [-0.39, 0.29) is 0 Å². The van der Waals surface area contributed by atoms with E-state index in [1.165, 1.54) is 33.7 Å². The number of amidine groups is 1. The van der Waals surface area contributed by atoms with Crippen LogP contribution in [0.5, 0.6) is 0 Å². The van der Waals surface area contributed by atoms with Crippen molar-refractivity contribution in [3.63, 3.8) is 0 Å². The fourth-order valence-electron chi connectivity index (χ4n) is 4.58. The van der Waals surface area contributed by atoms with Gasteiger partial charge in [-0.1, -0.05) is 77.8 Å². The molecule has 0 fully saturated rings. The quantitative estimate of drug-likeness (QED) is 0.351. The molecule has 38 heavy (non-hydrogen) atoms. The second kappa shape index (κ2) is 11.8. The first kappa shape index (κ1) is 28.1. The first-order valence-electron chi connectivity index (χ1n) is 11.7. The van der Waals surface area contributed by atoms with E-state index in [1.54, 1.807) is 0 Å². The molecule has 0 aliphatic carbocycles. The van der Waals surface area contributed by atoms with Crippen LogP contribution in [-0.4, -0.2) is 42.5 Å². The summed E-state index contributed by atoms with van der Waals surface area (Å²) in [6.45, 7) is 1.98. The second-order valence-electron chi connectivity index (χ2n) is 8.87. The molecular weight excluding hydrogens is 547 g/mol. The third-order valence-corrected chi connectivity index (χ3v) is 6.78. The number of halogens is 3. The Hall–Kier alpha value is -2.94. The van der Waals surface area contributed by atoms with Crippen LogP contribution >= 0.6 is 23.2 Å². The van der Waals surface area contributed by atoms with E-state index < -0.39 is 10.2 Å². The molecule has 5 rings (SSSR count). The highest BCUT2D eigenvalue weighted by Gasteiger charge is 2.32. The van der Waals surface area contributed by atoms with Gasteiger partial charge in [-0.3, -0.25) is 9.48 Å². The van der Waals surface area contributed by atoms with E-state index in [0.717, 1.165) is 34.3 Å². The largest absolute Gasteiger partial charge is 0.280 e. The summed E-state index contributed by atoms with van der Waals surface area (Å²) in [5.41, 5.74) is 8.25. The number of benzene rings is 4. The summed E-state index contributed by atoms with van der Waals surface area (Å²) in [5.74, 6) is 1.23. The van der Waals surface area contributed by atoms with E-state index in [2.05, 4.69) is 90.3 Å². The smallest absolute Gasteiger partial charge is 0.260 e. The molecule has 0 atom stereocenters. The summed E-state index contributed by atoms with van der Waals surface area (Å²) in [7, 11) is -0.609. The minimum atomic E-state index is -4.94. The molecular formula is C29H25Cl3N2O4. The predicted molar refractivity (Wildman–Crippen MR) is 141 cm³/mol. The first-order valence-corrected chi connectivity index (χ1v) is 13.7. The highest BCUT2D eigenvalue weighted by Crippen LogP contribution is 2.39. The van der Waals surface area contributed by atoms with Gasteiger partial charge in [0.2, 0.25) is 0 Å². The Morgan fingerprint density at radius 2 is 1.13 bits per heavy atom. The van der Waals surface area contributed by atoms with Crippen molar-refractivity contribution in [3.8, 4) is 33.4 Å². The van der Waals surface area contributed by atoms with Gasteiger partial charge in [0.25, 0.3) is 5.84 Å². The van der Waals surface area contributed by atoms with Crippen LogP contribution in [0.3, 0.4) is 0 Å². The Kier molecular flexibility index (Phi) is 8.75. The average molecular weight is 572 g/mol. The van der Waals surface area contributed by atoms with E-state index in [1.807, 2.05) is 24.3 Å². The summed E-state index contributed by atoms with van der Waals surface area (Å²) in [6.07, 6.45) is 0. The number of rotatable bonds is 4. The lowest BCUT2D eigenvalue weighted by Crippen LogP contribution is -2.68. The molecule has 4 aromatic rings. The maximum Gasteiger partial charge on any atom is 0.280 e. The molecule has 0 amide bonds. The van der Waals surface area contributed by atoms with Crippen LogP contribution in [0.2, 0.25) is 10.0 Å².